The molecule has 21 heavy (non-hydrogen) atoms. The summed E-state index contributed by atoms with van der Waals surface area (Å²) in [6.45, 7) is 3.48. The lowest BCUT2D eigenvalue weighted by atomic mass is 9.99. The van der Waals surface area contributed by atoms with E-state index in [9.17, 15) is 9.59 Å². The van der Waals surface area contributed by atoms with Crippen LogP contribution < -0.4 is 16.0 Å². The van der Waals surface area contributed by atoms with Crippen LogP contribution in [-0.4, -0.2) is 55.1 Å². The third-order valence-electron chi connectivity index (χ3n) is 4.47. The Morgan fingerprint density at radius 3 is 2.57 bits per heavy atom. The van der Waals surface area contributed by atoms with E-state index in [0.717, 1.165) is 32.5 Å². The summed E-state index contributed by atoms with van der Waals surface area (Å²) in [5, 5.41) is 8.66. The van der Waals surface area contributed by atoms with Crippen LogP contribution in [0, 0.1) is 5.92 Å². The van der Waals surface area contributed by atoms with Gasteiger partial charge in [-0.3, -0.25) is 15.0 Å². The number of rotatable bonds is 6. The van der Waals surface area contributed by atoms with Crippen molar-refractivity contribution in [1.82, 2.24) is 20.9 Å². The Bertz CT molecular complexity index is 387. The van der Waals surface area contributed by atoms with E-state index < -0.39 is 0 Å². The highest BCUT2D eigenvalue weighted by Gasteiger charge is 2.32. The second-order valence-corrected chi connectivity index (χ2v) is 6.67. The fourth-order valence-electron chi connectivity index (χ4n) is 2.99. The molecule has 0 aromatic rings. The van der Waals surface area contributed by atoms with Crippen LogP contribution in [0.15, 0.2) is 0 Å². The summed E-state index contributed by atoms with van der Waals surface area (Å²) < 4.78 is 0. The van der Waals surface area contributed by atoms with Crippen molar-refractivity contribution in [2.75, 3.05) is 26.2 Å². The molecule has 1 unspecified atom stereocenters. The molecule has 1 heterocycles. The van der Waals surface area contributed by atoms with Gasteiger partial charge in [0.15, 0.2) is 0 Å². The molecule has 0 aromatic carbocycles. The Morgan fingerprint density at radius 2 is 1.95 bits per heavy atom. The molecule has 1 saturated heterocycles. The van der Waals surface area contributed by atoms with Crippen LogP contribution in [0.1, 0.15) is 38.5 Å². The second kappa shape index (κ2) is 6.75. The minimum absolute atomic E-state index is 0.177. The number of hydrogen-bond donors (Lipinski definition) is 3. The molecule has 2 aliphatic carbocycles. The van der Waals surface area contributed by atoms with Crippen molar-refractivity contribution >= 4 is 11.9 Å². The molecule has 3 rings (SSSR count). The molecule has 0 radical (unpaired) electrons. The highest BCUT2D eigenvalue weighted by atomic mass is 16.2. The van der Waals surface area contributed by atoms with Crippen molar-refractivity contribution in [1.29, 1.82) is 0 Å². The van der Waals surface area contributed by atoms with Crippen molar-refractivity contribution in [2.24, 2.45) is 5.92 Å². The summed E-state index contributed by atoms with van der Waals surface area (Å²) in [6, 6.07) is 0.493. The Balaban J connectivity index is 1.42. The van der Waals surface area contributed by atoms with Crippen LogP contribution in [0.2, 0.25) is 0 Å². The van der Waals surface area contributed by atoms with E-state index in [0.29, 0.717) is 18.5 Å². The summed E-state index contributed by atoms with van der Waals surface area (Å²) in [5.41, 5.74) is 0. The zero-order valence-corrected chi connectivity index (χ0v) is 12.6. The molecule has 1 atom stereocenters. The first kappa shape index (κ1) is 14.8. The predicted molar refractivity (Wildman–Crippen MR) is 79.9 cm³/mol. The lowest BCUT2D eigenvalue weighted by molar-refractivity contribution is -0.121. The highest BCUT2D eigenvalue weighted by Crippen LogP contribution is 2.28. The first-order valence-corrected chi connectivity index (χ1v) is 8.26. The largest absolute Gasteiger partial charge is 0.335 e. The molecule has 0 spiro atoms. The quantitative estimate of drug-likeness (QED) is 0.664. The third kappa shape index (κ3) is 4.97. The van der Waals surface area contributed by atoms with Gasteiger partial charge >= 0.3 is 6.03 Å². The van der Waals surface area contributed by atoms with E-state index in [4.69, 9.17) is 0 Å². The molecular formula is C15H26N4O2. The second-order valence-electron chi connectivity index (χ2n) is 6.67. The van der Waals surface area contributed by atoms with Crippen molar-refractivity contribution in [3.8, 4) is 0 Å². The van der Waals surface area contributed by atoms with Gasteiger partial charge in [0.1, 0.15) is 0 Å². The molecule has 118 valence electrons. The smallest absolute Gasteiger partial charge is 0.321 e. The van der Waals surface area contributed by atoms with Crippen molar-refractivity contribution in [3.63, 3.8) is 0 Å². The maximum Gasteiger partial charge on any atom is 0.321 e. The zero-order valence-electron chi connectivity index (χ0n) is 12.6. The number of carbonyl (C=O) groups excluding carboxylic acids is 2. The first-order chi connectivity index (χ1) is 10.2. The Kier molecular flexibility index (Phi) is 4.75. The standard InChI is InChI=1S/C15H26N4O2/c20-14(18-15(21)17-12-3-4-12)10-19(13-5-6-13)9-11-2-1-7-16-8-11/h11-13,16H,1-10H2,(H2,17,18,20,21). The number of amides is 3. The topological polar surface area (TPSA) is 73.5 Å². The van der Waals surface area contributed by atoms with Crippen LogP contribution >= 0.6 is 0 Å². The minimum Gasteiger partial charge on any atom is -0.335 e. The summed E-state index contributed by atoms with van der Waals surface area (Å²) in [5.74, 6) is 0.455. The van der Waals surface area contributed by atoms with E-state index in [1.807, 2.05) is 0 Å². The first-order valence-electron chi connectivity index (χ1n) is 8.26. The van der Waals surface area contributed by atoms with Crippen LogP contribution in [0.5, 0.6) is 0 Å². The number of urea groups is 1. The monoisotopic (exact) mass is 294 g/mol. The van der Waals surface area contributed by atoms with Gasteiger partial charge in [-0.15, -0.1) is 0 Å². The average Bonchev–Trinajstić information content (AvgIpc) is 3.33. The lowest BCUT2D eigenvalue weighted by Crippen LogP contribution is -2.47. The van der Waals surface area contributed by atoms with E-state index in [1.165, 1.54) is 25.7 Å². The summed E-state index contributed by atoms with van der Waals surface area (Å²) in [7, 11) is 0. The Labute approximate surface area is 126 Å². The fraction of sp³-hybridized carbons (Fsp3) is 0.867. The van der Waals surface area contributed by atoms with Crippen LogP contribution in [-0.2, 0) is 4.79 Å². The average molecular weight is 294 g/mol. The molecule has 1 aliphatic heterocycles. The summed E-state index contributed by atoms with van der Waals surface area (Å²) >= 11 is 0. The number of hydrogen-bond acceptors (Lipinski definition) is 4. The van der Waals surface area contributed by atoms with Gasteiger partial charge in [-0.05, 0) is 57.5 Å². The molecular weight excluding hydrogens is 268 g/mol. The predicted octanol–water partition coefficient (Wildman–Crippen LogP) is 0.439. The van der Waals surface area contributed by atoms with Gasteiger partial charge in [-0.2, -0.15) is 0 Å². The van der Waals surface area contributed by atoms with Gasteiger partial charge < -0.3 is 10.6 Å². The number of carbonyl (C=O) groups is 2. The minimum atomic E-state index is -0.336. The maximum atomic E-state index is 12.0. The molecule has 0 aromatic heterocycles. The molecule has 0 bridgehead atoms. The van der Waals surface area contributed by atoms with E-state index >= 15 is 0 Å². The van der Waals surface area contributed by atoms with Crippen LogP contribution in [0.4, 0.5) is 4.79 Å². The van der Waals surface area contributed by atoms with Crippen molar-refractivity contribution < 1.29 is 9.59 Å². The third-order valence-corrected chi connectivity index (χ3v) is 4.47. The van der Waals surface area contributed by atoms with Gasteiger partial charge in [0.2, 0.25) is 5.91 Å². The number of nitrogens with zero attached hydrogens (tertiary/aromatic N) is 1. The fourth-order valence-corrected chi connectivity index (χ4v) is 2.99. The molecule has 3 N–H and O–H groups in total. The molecule has 3 aliphatic rings. The number of piperidine rings is 1. The van der Waals surface area contributed by atoms with E-state index in [2.05, 4.69) is 20.9 Å². The van der Waals surface area contributed by atoms with Crippen LogP contribution in [0.25, 0.3) is 0 Å². The normalized spacial score (nSPS) is 25.7. The van der Waals surface area contributed by atoms with Crippen molar-refractivity contribution in [2.45, 2.75) is 50.6 Å². The van der Waals surface area contributed by atoms with Gasteiger partial charge in [-0.1, -0.05) is 0 Å². The Hall–Kier alpha value is -1.14. The maximum absolute atomic E-state index is 12.0. The highest BCUT2D eigenvalue weighted by molar-refractivity contribution is 5.95. The molecule has 3 fully saturated rings. The SMILES string of the molecule is O=C(CN(CC1CCCNC1)C1CC1)NC(=O)NC1CC1. The van der Waals surface area contributed by atoms with Gasteiger partial charge in [0, 0.05) is 18.6 Å². The van der Waals surface area contributed by atoms with Gasteiger partial charge in [0.25, 0.3) is 0 Å². The lowest BCUT2D eigenvalue weighted by Gasteiger charge is -2.29. The molecule has 3 amide bonds. The number of imide groups is 1. The zero-order chi connectivity index (χ0) is 14.7. The summed E-state index contributed by atoms with van der Waals surface area (Å²) in [4.78, 5) is 25.9. The van der Waals surface area contributed by atoms with Crippen LogP contribution in [0.3, 0.4) is 0 Å². The Morgan fingerprint density at radius 1 is 1.14 bits per heavy atom. The molecule has 6 nitrogen and oxygen atoms in total. The van der Waals surface area contributed by atoms with Crippen molar-refractivity contribution in [3.05, 3.63) is 0 Å². The van der Waals surface area contributed by atoms with Gasteiger partial charge in [0.05, 0.1) is 6.54 Å². The summed E-state index contributed by atoms with van der Waals surface area (Å²) in [6.07, 6.45) is 6.89. The van der Waals surface area contributed by atoms with Gasteiger partial charge in [-0.25, -0.2) is 4.79 Å². The van der Waals surface area contributed by atoms with E-state index in [-0.39, 0.29) is 18.0 Å². The number of nitrogens with one attached hydrogen (secondary N) is 3. The van der Waals surface area contributed by atoms with E-state index in [1.54, 1.807) is 0 Å². The molecule has 2 saturated carbocycles. The molecule has 6 heteroatoms.